The molecular weight excluding hydrogens is 282 g/mol. The molecule has 0 unspecified atom stereocenters. The van der Waals surface area contributed by atoms with Crippen LogP contribution in [0.5, 0.6) is 5.75 Å². The highest BCUT2D eigenvalue weighted by atomic mass is 16.3. The van der Waals surface area contributed by atoms with Gasteiger partial charge in [-0.25, -0.2) is 0 Å². The number of phenols is 1. The van der Waals surface area contributed by atoms with Gasteiger partial charge < -0.3 is 5.11 Å². The summed E-state index contributed by atoms with van der Waals surface area (Å²) < 4.78 is 0. The van der Waals surface area contributed by atoms with Crippen LogP contribution in [0, 0.1) is 25.2 Å². The molecule has 0 spiro atoms. The lowest BCUT2D eigenvalue weighted by molar-refractivity contribution is 0.475. The summed E-state index contributed by atoms with van der Waals surface area (Å²) in [6.45, 7) is 4.05. The van der Waals surface area contributed by atoms with Crippen LogP contribution >= 0.6 is 0 Å². The summed E-state index contributed by atoms with van der Waals surface area (Å²) in [7, 11) is 0. The van der Waals surface area contributed by atoms with Gasteiger partial charge in [0.05, 0.1) is 11.6 Å². The second-order valence-electron chi connectivity index (χ2n) is 5.72. The number of aryl methyl sites for hydroxylation is 2. The topological polar surface area (TPSA) is 44.0 Å². The van der Waals surface area contributed by atoms with Crippen molar-refractivity contribution in [3.63, 3.8) is 0 Å². The third kappa shape index (κ3) is 2.95. The van der Waals surface area contributed by atoms with Gasteiger partial charge >= 0.3 is 0 Å². The first-order chi connectivity index (χ1) is 11.1. The smallest absolute Gasteiger partial charge is 0.115 e. The SMILES string of the molecule is Cc1cc(-c2ccc(-c3ccc(O)cc3)cc2C)ccc1C#N. The van der Waals surface area contributed by atoms with Crippen molar-refractivity contribution < 1.29 is 5.11 Å². The van der Waals surface area contributed by atoms with Gasteiger partial charge in [0, 0.05) is 0 Å². The van der Waals surface area contributed by atoms with Gasteiger partial charge in [-0.1, -0.05) is 42.5 Å². The Balaban J connectivity index is 2.01. The molecule has 3 aromatic carbocycles. The van der Waals surface area contributed by atoms with E-state index in [0.717, 1.165) is 22.3 Å². The lowest BCUT2D eigenvalue weighted by atomic mass is 9.94. The second-order valence-corrected chi connectivity index (χ2v) is 5.72. The molecule has 3 rings (SSSR count). The number of rotatable bonds is 2. The minimum atomic E-state index is 0.273. The van der Waals surface area contributed by atoms with E-state index in [4.69, 9.17) is 5.26 Å². The Morgan fingerprint density at radius 2 is 1.35 bits per heavy atom. The molecule has 3 aromatic rings. The number of phenolic OH excluding ortho intramolecular Hbond substituents is 1. The number of aromatic hydroxyl groups is 1. The summed E-state index contributed by atoms with van der Waals surface area (Å²) >= 11 is 0. The molecule has 0 saturated carbocycles. The number of nitriles is 1. The van der Waals surface area contributed by atoms with E-state index in [1.54, 1.807) is 12.1 Å². The van der Waals surface area contributed by atoms with Gasteiger partial charge in [0.25, 0.3) is 0 Å². The maximum Gasteiger partial charge on any atom is 0.115 e. The first-order valence-electron chi connectivity index (χ1n) is 7.49. The third-order valence-corrected chi connectivity index (χ3v) is 4.08. The van der Waals surface area contributed by atoms with Gasteiger partial charge in [-0.15, -0.1) is 0 Å². The molecule has 2 nitrogen and oxygen atoms in total. The maximum atomic E-state index is 9.40. The van der Waals surface area contributed by atoms with E-state index < -0.39 is 0 Å². The highest BCUT2D eigenvalue weighted by Gasteiger charge is 2.07. The van der Waals surface area contributed by atoms with Crippen molar-refractivity contribution in [2.75, 3.05) is 0 Å². The van der Waals surface area contributed by atoms with Gasteiger partial charge in [0.1, 0.15) is 5.75 Å². The summed E-state index contributed by atoms with van der Waals surface area (Å²) in [4.78, 5) is 0. The van der Waals surface area contributed by atoms with Crippen LogP contribution in [-0.4, -0.2) is 5.11 Å². The minimum absolute atomic E-state index is 0.273. The Kier molecular flexibility index (Phi) is 3.87. The maximum absolute atomic E-state index is 9.40. The van der Waals surface area contributed by atoms with Crippen LogP contribution < -0.4 is 0 Å². The summed E-state index contributed by atoms with van der Waals surface area (Å²) in [5.74, 6) is 0.273. The number of hydrogen-bond acceptors (Lipinski definition) is 2. The minimum Gasteiger partial charge on any atom is -0.508 e. The Bertz CT molecular complexity index is 902. The van der Waals surface area contributed by atoms with E-state index in [2.05, 4.69) is 37.3 Å². The van der Waals surface area contributed by atoms with Crippen molar-refractivity contribution in [1.29, 1.82) is 5.26 Å². The lowest BCUT2D eigenvalue weighted by Gasteiger charge is -2.10. The van der Waals surface area contributed by atoms with Crippen molar-refractivity contribution in [3.05, 3.63) is 77.4 Å². The van der Waals surface area contributed by atoms with Crippen molar-refractivity contribution in [1.82, 2.24) is 0 Å². The molecule has 0 heterocycles. The monoisotopic (exact) mass is 299 g/mol. The molecular formula is C21H17NO. The molecule has 0 radical (unpaired) electrons. The zero-order valence-corrected chi connectivity index (χ0v) is 13.2. The fourth-order valence-corrected chi connectivity index (χ4v) is 2.78. The molecule has 0 amide bonds. The lowest BCUT2D eigenvalue weighted by Crippen LogP contribution is -1.88. The number of hydrogen-bond donors (Lipinski definition) is 1. The molecule has 0 bridgehead atoms. The van der Waals surface area contributed by atoms with Crippen LogP contribution in [0.2, 0.25) is 0 Å². The van der Waals surface area contributed by atoms with E-state index in [-0.39, 0.29) is 5.75 Å². The molecule has 0 atom stereocenters. The summed E-state index contributed by atoms with van der Waals surface area (Å²) in [5.41, 5.74) is 7.38. The largest absolute Gasteiger partial charge is 0.508 e. The van der Waals surface area contributed by atoms with Gasteiger partial charge in [0.2, 0.25) is 0 Å². The molecule has 0 fully saturated rings. The standard InChI is InChI=1S/C21H17NO/c1-14-11-18(3-4-19(14)13-22)21-10-7-17(12-15(21)2)16-5-8-20(23)9-6-16/h3-12,23H,1-2H3. The molecule has 0 aliphatic heterocycles. The predicted molar refractivity (Wildman–Crippen MR) is 93.2 cm³/mol. The van der Waals surface area contributed by atoms with Crippen molar-refractivity contribution in [3.8, 4) is 34.1 Å². The van der Waals surface area contributed by atoms with E-state index in [1.807, 2.05) is 31.2 Å². The second kappa shape index (κ2) is 5.98. The summed E-state index contributed by atoms with van der Waals surface area (Å²) in [6, 6.07) is 21.7. The Hall–Kier alpha value is -3.05. The Labute approximate surface area is 136 Å². The molecule has 23 heavy (non-hydrogen) atoms. The molecule has 2 heteroatoms. The zero-order valence-electron chi connectivity index (χ0n) is 13.2. The van der Waals surface area contributed by atoms with Crippen LogP contribution in [0.1, 0.15) is 16.7 Å². The first kappa shape index (κ1) is 14.9. The highest BCUT2D eigenvalue weighted by molar-refractivity contribution is 5.74. The van der Waals surface area contributed by atoms with Crippen molar-refractivity contribution in [2.45, 2.75) is 13.8 Å². The molecule has 0 saturated heterocycles. The number of nitrogens with zero attached hydrogens (tertiary/aromatic N) is 1. The van der Waals surface area contributed by atoms with Gasteiger partial charge in [0.15, 0.2) is 0 Å². The Morgan fingerprint density at radius 3 is 1.96 bits per heavy atom. The zero-order chi connectivity index (χ0) is 16.4. The third-order valence-electron chi connectivity index (χ3n) is 4.08. The molecule has 0 aliphatic rings. The van der Waals surface area contributed by atoms with Crippen LogP contribution in [0.25, 0.3) is 22.3 Å². The molecule has 0 aromatic heterocycles. The average molecular weight is 299 g/mol. The quantitative estimate of drug-likeness (QED) is 0.705. The molecule has 1 N–H and O–H groups in total. The van der Waals surface area contributed by atoms with Crippen LogP contribution in [-0.2, 0) is 0 Å². The highest BCUT2D eigenvalue weighted by Crippen LogP contribution is 2.30. The fraction of sp³-hybridized carbons (Fsp3) is 0.0952. The van der Waals surface area contributed by atoms with Crippen LogP contribution in [0.15, 0.2) is 60.7 Å². The van der Waals surface area contributed by atoms with Gasteiger partial charge in [-0.3, -0.25) is 0 Å². The van der Waals surface area contributed by atoms with Gasteiger partial charge in [-0.05, 0) is 65.4 Å². The first-order valence-corrected chi connectivity index (χ1v) is 7.49. The van der Waals surface area contributed by atoms with Crippen LogP contribution in [0.4, 0.5) is 0 Å². The normalized spacial score (nSPS) is 10.3. The van der Waals surface area contributed by atoms with Crippen LogP contribution in [0.3, 0.4) is 0 Å². The summed E-state index contributed by atoms with van der Waals surface area (Å²) in [6.07, 6.45) is 0. The number of benzene rings is 3. The molecule has 112 valence electrons. The molecule has 0 aliphatic carbocycles. The van der Waals surface area contributed by atoms with Crippen molar-refractivity contribution in [2.24, 2.45) is 0 Å². The average Bonchev–Trinajstić information content (AvgIpc) is 2.55. The van der Waals surface area contributed by atoms with E-state index in [1.165, 1.54) is 11.1 Å². The summed E-state index contributed by atoms with van der Waals surface area (Å²) in [5, 5.41) is 18.4. The van der Waals surface area contributed by atoms with Crippen molar-refractivity contribution >= 4 is 0 Å². The predicted octanol–water partition coefficient (Wildman–Crippen LogP) is 5.21. The van der Waals surface area contributed by atoms with E-state index in [0.29, 0.717) is 5.56 Å². The van der Waals surface area contributed by atoms with E-state index in [9.17, 15) is 5.11 Å². The van der Waals surface area contributed by atoms with Gasteiger partial charge in [-0.2, -0.15) is 5.26 Å². The fourth-order valence-electron chi connectivity index (χ4n) is 2.78. The van der Waals surface area contributed by atoms with E-state index >= 15 is 0 Å². The Morgan fingerprint density at radius 1 is 0.739 bits per heavy atom.